The summed E-state index contributed by atoms with van der Waals surface area (Å²) in [6.07, 6.45) is 7.72. The highest BCUT2D eigenvalue weighted by Gasteiger charge is 2.22. The van der Waals surface area contributed by atoms with Gasteiger partial charge in [0.2, 0.25) is 0 Å². The molecule has 0 radical (unpaired) electrons. The van der Waals surface area contributed by atoms with E-state index in [0.717, 1.165) is 31.4 Å². The van der Waals surface area contributed by atoms with E-state index in [1.807, 2.05) is 0 Å². The molecule has 0 aliphatic heterocycles. The highest BCUT2D eigenvalue weighted by atomic mass is 19.2. The summed E-state index contributed by atoms with van der Waals surface area (Å²) in [5.74, 6) is -3.91. The van der Waals surface area contributed by atoms with Crippen LogP contribution in [0.15, 0.2) is 12.1 Å². The normalized spacial score (nSPS) is 12.7. The van der Waals surface area contributed by atoms with E-state index >= 15 is 0 Å². The molecule has 1 unspecified atom stereocenters. The Morgan fingerprint density at radius 2 is 1.30 bits per heavy atom. The van der Waals surface area contributed by atoms with Crippen LogP contribution in [0.5, 0.6) is 0 Å². The maximum atomic E-state index is 13.7. The highest BCUT2D eigenvalue weighted by Crippen LogP contribution is 2.29. The van der Waals surface area contributed by atoms with Gasteiger partial charge in [-0.1, -0.05) is 51.9 Å². The molecule has 0 saturated carbocycles. The standard InChI is InChI=1S/C21H33F3O3/c1-4-7-8-9-10-11-12-13-19(27-21(25-5-2)26-6-3)16-14-17(22)20(24)18(23)15-16/h14-15,19,21H,4-13H2,1-3H3. The van der Waals surface area contributed by atoms with Crippen molar-refractivity contribution in [2.45, 2.75) is 84.7 Å². The minimum absolute atomic E-state index is 0.252. The summed E-state index contributed by atoms with van der Waals surface area (Å²) in [7, 11) is 0. The molecule has 0 N–H and O–H groups in total. The van der Waals surface area contributed by atoms with Crippen molar-refractivity contribution in [1.82, 2.24) is 0 Å². The van der Waals surface area contributed by atoms with Gasteiger partial charge in [0.15, 0.2) is 17.5 Å². The molecule has 1 atom stereocenters. The summed E-state index contributed by atoms with van der Waals surface area (Å²) >= 11 is 0. The van der Waals surface area contributed by atoms with Crippen molar-refractivity contribution in [2.75, 3.05) is 13.2 Å². The van der Waals surface area contributed by atoms with Crippen molar-refractivity contribution < 1.29 is 27.4 Å². The average molecular weight is 390 g/mol. The van der Waals surface area contributed by atoms with Crippen LogP contribution in [-0.4, -0.2) is 19.7 Å². The van der Waals surface area contributed by atoms with Gasteiger partial charge in [-0.05, 0) is 38.0 Å². The van der Waals surface area contributed by atoms with Crippen molar-refractivity contribution >= 4 is 0 Å². The van der Waals surface area contributed by atoms with Gasteiger partial charge in [0.05, 0.1) is 6.10 Å². The molecule has 0 heterocycles. The Balaban J connectivity index is 2.74. The second-order valence-electron chi connectivity index (χ2n) is 6.53. The van der Waals surface area contributed by atoms with E-state index in [4.69, 9.17) is 14.2 Å². The lowest BCUT2D eigenvalue weighted by molar-refractivity contribution is -0.304. The third kappa shape index (κ3) is 9.08. The lowest BCUT2D eigenvalue weighted by Crippen LogP contribution is -2.24. The van der Waals surface area contributed by atoms with Gasteiger partial charge in [0.25, 0.3) is 6.48 Å². The largest absolute Gasteiger partial charge is 0.330 e. The molecular formula is C21H33F3O3. The fourth-order valence-electron chi connectivity index (χ4n) is 2.89. The predicted octanol–water partition coefficient (Wildman–Crippen LogP) is 6.66. The van der Waals surface area contributed by atoms with Gasteiger partial charge in [-0.2, -0.15) is 0 Å². The molecular weight excluding hydrogens is 357 g/mol. The van der Waals surface area contributed by atoms with Gasteiger partial charge < -0.3 is 14.2 Å². The van der Waals surface area contributed by atoms with Gasteiger partial charge in [0.1, 0.15) is 0 Å². The first-order valence-corrected chi connectivity index (χ1v) is 10.1. The smallest absolute Gasteiger partial charge is 0.272 e. The van der Waals surface area contributed by atoms with E-state index in [1.165, 1.54) is 25.7 Å². The Bertz CT molecular complexity index is 496. The van der Waals surface area contributed by atoms with Crippen molar-refractivity contribution in [3.63, 3.8) is 0 Å². The fourth-order valence-corrected chi connectivity index (χ4v) is 2.89. The number of ether oxygens (including phenoxy) is 3. The third-order valence-electron chi connectivity index (χ3n) is 4.33. The number of hydrogen-bond donors (Lipinski definition) is 0. The Morgan fingerprint density at radius 1 is 0.778 bits per heavy atom. The molecule has 0 aromatic heterocycles. The van der Waals surface area contributed by atoms with Crippen LogP contribution in [-0.2, 0) is 14.2 Å². The van der Waals surface area contributed by atoms with Crippen LogP contribution < -0.4 is 0 Å². The molecule has 0 spiro atoms. The second kappa shape index (κ2) is 14.0. The van der Waals surface area contributed by atoms with Crippen molar-refractivity contribution in [3.05, 3.63) is 35.1 Å². The summed E-state index contributed by atoms with van der Waals surface area (Å²) in [6.45, 7) is 5.61. The van der Waals surface area contributed by atoms with E-state index < -0.39 is 30.0 Å². The van der Waals surface area contributed by atoms with Crippen LogP contribution in [0.4, 0.5) is 13.2 Å². The number of unbranched alkanes of at least 4 members (excludes halogenated alkanes) is 6. The molecule has 1 rings (SSSR count). The van der Waals surface area contributed by atoms with E-state index in [9.17, 15) is 13.2 Å². The van der Waals surface area contributed by atoms with Gasteiger partial charge in [-0.15, -0.1) is 0 Å². The molecule has 0 aliphatic carbocycles. The molecule has 0 bridgehead atoms. The van der Waals surface area contributed by atoms with Gasteiger partial charge in [-0.3, -0.25) is 0 Å². The van der Waals surface area contributed by atoms with Crippen LogP contribution in [0.25, 0.3) is 0 Å². The minimum atomic E-state index is -1.47. The zero-order valence-electron chi connectivity index (χ0n) is 16.7. The maximum absolute atomic E-state index is 13.7. The molecule has 1 aromatic carbocycles. The zero-order chi connectivity index (χ0) is 20.1. The first-order chi connectivity index (χ1) is 13.0. The number of hydrogen-bond acceptors (Lipinski definition) is 3. The lowest BCUT2D eigenvalue weighted by Gasteiger charge is -2.25. The van der Waals surface area contributed by atoms with Crippen LogP contribution in [0, 0.1) is 17.5 Å². The van der Waals surface area contributed by atoms with Crippen LogP contribution >= 0.6 is 0 Å². The topological polar surface area (TPSA) is 27.7 Å². The van der Waals surface area contributed by atoms with Crippen LogP contribution in [0.3, 0.4) is 0 Å². The van der Waals surface area contributed by atoms with Gasteiger partial charge in [-0.25, -0.2) is 13.2 Å². The zero-order valence-corrected chi connectivity index (χ0v) is 16.7. The SMILES string of the molecule is CCCCCCCCCC(OC(OCC)OCC)c1cc(F)c(F)c(F)c1. The molecule has 3 nitrogen and oxygen atoms in total. The predicted molar refractivity (Wildman–Crippen MR) is 99.8 cm³/mol. The van der Waals surface area contributed by atoms with E-state index in [0.29, 0.717) is 19.6 Å². The molecule has 156 valence electrons. The van der Waals surface area contributed by atoms with E-state index in [2.05, 4.69) is 6.92 Å². The Labute approximate surface area is 161 Å². The summed E-state index contributed by atoms with van der Waals surface area (Å²) in [6, 6.07) is 1.97. The molecule has 0 amide bonds. The number of rotatable bonds is 15. The first kappa shape index (κ1) is 23.9. The van der Waals surface area contributed by atoms with Crippen LogP contribution in [0.1, 0.15) is 83.8 Å². The monoisotopic (exact) mass is 390 g/mol. The average Bonchev–Trinajstić information content (AvgIpc) is 2.64. The summed E-state index contributed by atoms with van der Waals surface area (Å²) in [5, 5.41) is 0. The Kier molecular flexibility index (Phi) is 12.4. The number of benzene rings is 1. The Hall–Kier alpha value is -1.11. The molecule has 6 heteroatoms. The molecule has 0 saturated heterocycles. The third-order valence-corrected chi connectivity index (χ3v) is 4.33. The van der Waals surface area contributed by atoms with Crippen molar-refractivity contribution in [1.29, 1.82) is 0 Å². The summed E-state index contributed by atoms with van der Waals surface area (Å²) in [4.78, 5) is 0. The molecule has 0 fully saturated rings. The summed E-state index contributed by atoms with van der Waals surface area (Å²) in [5.41, 5.74) is 0.252. The molecule has 0 aliphatic rings. The van der Waals surface area contributed by atoms with Gasteiger partial charge >= 0.3 is 0 Å². The van der Waals surface area contributed by atoms with Crippen LogP contribution in [0.2, 0.25) is 0 Å². The van der Waals surface area contributed by atoms with Gasteiger partial charge in [0, 0.05) is 13.2 Å². The number of halogens is 3. The molecule has 27 heavy (non-hydrogen) atoms. The van der Waals surface area contributed by atoms with Crippen molar-refractivity contribution in [3.8, 4) is 0 Å². The maximum Gasteiger partial charge on any atom is 0.272 e. The van der Waals surface area contributed by atoms with E-state index in [1.54, 1.807) is 13.8 Å². The lowest BCUT2D eigenvalue weighted by atomic mass is 10.0. The summed E-state index contributed by atoms with van der Waals surface area (Å²) < 4.78 is 57.2. The fraction of sp³-hybridized carbons (Fsp3) is 0.714. The Morgan fingerprint density at radius 3 is 1.81 bits per heavy atom. The minimum Gasteiger partial charge on any atom is -0.330 e. The van der Waals surface area contributed by atoms with E-state index in [-0.39, 0.29) is 5.56 Å². The quantitative estimate of drug-likeness (QED) is 0.190. The molecule has 1 aromatic rings. The second-order valence-corrected chi connectivity index (χ2v) is 6.53. The highest BCUT2D eigenvalue weighted by molar-refractivity contribution is 5.21. The first-order valence-electron chi connectivity index (χ1n) is 10.1. The van der Waals surface area contributed by atoms with Crippen molar-refractivity contribution in [2.24, 2.45) is 0 Å².